The fourth-order valence-corrected chi connectivity index (χ4v) is 4.02. The molecule has 2 aromatic heterocycles. The fraction of sp³-hybridized carbons (Fsp3) is 0.389. The van der Waals surface area contributed by atoms with Crippen LogP contribution in [0.25, 0.3) is 11.2 Å². The van der Waals surface area contributed by atoms with Gasteiger partial charge in [-0.2, -0.15) is 0 Å². The number of thioether (sulfide) groups is 1. The third-order valence-corrected chi connectivity index (χ3v) is 5.72. The van der Waals surface area contributed by atoms with E-state index in [0.717, 1.165) is 12.8 Å². The number of nitrogens with one attached hydrogen (secondary N) is 1. The maximum Gasteiger partial charge on any atom is 0.329 e. The number of aromatic nitrogens is 4. The second-order valence-electron chi connectivity index (χ2n) is 6.24. The van der Waals surface area contributed by atoms with Gasteiger partial charge in [-0.1, -0.05) is 42.1 Å². The molecular weight excluding hydrogens is 388 g/mol. The number of hydrogen-bond acceptors (Lipinski definition) is 5. The largest absolute Gasteiger partial charge is 0.391 e. The van der Waals surface area contributed by atoms with E-state index in [-0.39, 0.29) is 5.88 Å². The third kappa shape index (κ3) is 4.45. The van der Waals surface area contributed by atoms with Gasteiger partial charge >= 0.3 is 5.69 Å². The Morgan fingerprint density at radius 2 is 2.04 bits per heavy atom. The minimum atomic E-state index is -0.670. The van der Waals surface area contributed by atoms with Gasteiger partial charge in [0.2, 0.25) is 0 Å². The van der Waals surface area contributed by atoms with Crippen LogP contribution in [-0.2, 0) is 20.0 Å². The van der Waals surface area contributed by atoms with Crippen LogP contribution in [0.2, 0.25) is 0 Å². The summed E-state index contributed by atoms with van der Waals surface area (Å²) in [5.41, 5.74) is 0.971. The molecule has 7 nitrogen and oxygen atoms in total. The fourth-order valence-electron chi connectivity index (χ4n) is 2.83. The molecule has 0 saturated carbocycles. The Bertz CT molecular complexity index is 1030. The lowest BCUT2D eigenvalue weighted by Crippen LogP contribution is -2.29. The molecule has 0 spiro atoms. The first-order valence-electron chi connectivity index (χ1n) is 8.61. The highest BCUT2D eigenvalue weighted by atomic mass is 35.5. The van der Waals surface area contributed by atoms with Gasteiger partial charge in [-0.3, -0.25) is 14.3 Å². The zero-order valence-corrected chi connectivity index (χ0v) is 16.5. The first-order chi connectivity index (χ1) is 13.0. The molecule has 3 aromatic rings. The smallest absolute Gasteiger partial charge is 0.329 e. The Morgan fingerprint density at radius 3 is 2.74 bits per heavy atom. The van der Waals surface area contributed by atoms with E-state index in [1.807, 2.05) is 22.8 Å². The molecule has 0 saturated heterocycles. The predicted molar refractivity (Wildman–Crippen MR) is 108 cm³/mol. The van der Waals surface area contributed by atoms with E-state index < -0.39 is 17.4 Å². The van der Waals surface area contributed by atoms with Crippen LogP contribution < -0.4 is 11.2 Å². The second kappa shape index (κ2) is 8.77. The van der Waals surface area contributed by atoms with Gasteiger partial charge in [-0.15, -0.1) is 11.6 Å². The number of rotatable bonds is 8. The van der Waals surface area contributed by atoms with Crippen molar-refractivity contribution in [1.82, 2.24) is 19.1 Å². The highest BCUT2D eigenvalue weighted by Crippen LogP contribution is 2.23. The summed E-state index contributed by atoms with van der Waals surface area (Å²) in [6, 6.07) is 10.1. The van der Waals surface area contributed by atoms with Crippen molar-refractivity contribution in [1.29, 1.82) is 0 Å². The van der Waals surface area contributed by atoms with Gasteiger partial charge in [0.15, 0.2) is 16.3 Å². The average Bonchev–Trinajstić information content (AvgIpc) is 3.04. The van der Waals surface area contributed by atoms with Crippen LogP contribution in [0.4, 0.5) is 0 Å². The Balaban J connectivity index is 1.93. The standard InChI is InChI=1S/C18H21ClN4O3S/c1-22-15-14(16(25)21-17(22)26)23(18(20-15)27-11-13(24)10-19)9-5-8-12-6-3-2-4-7-12/h2-4,6-7,13,24H,5,8-11H2,1H3,(H,21,25,26). The van der Waals surface area contributed by atoms with Crippen molar-refractivity contribution in [2.45, 2.75) is 30.6 Å². The van der Waals surface area contributed by atoms with E-state index in [1.54, 1.807) is 7.05 Å². The number of benzene rings is 1. The molecule has 1 aromatic carbocycles. The second-order valence-corrected chi connectivity index (χ2v) is 7.54. The highest BCUT2D eigenvalue weighted by molar-refractivity contribution is 7.99. The number of aliphatic hydroxyl groups is 1. The van der Waals surface area contributed by atoms with Gasteiger partial charge in [0.25, 0.3) is 5.56 Å². The summed E-state index contributed by atoms with van der Waals surface area (Å²) in [5, 5.41) is 10.3. The van der Waals surface area contributed by atoms with Crippen LogP contribution >= 0.6 is 23.4 Å². The van der Waals surface area contributed by atoms with Crippen molar-refractivity contribution in [3.05, 3.63) is 56.7 Å². The molecule has 0 amide bonds. The molecule has 9 heteroatoms. The average molecular weight is 409 g/mol. The summed E-state index contributed by atoms with van der Waals surface area (Å²) in [6.07, 6.45) is 0.999. The molecule has 144 valence electrons. The summed E-state index contributed by atoms with van der Waals surface area (Å²) >= 11 is 6.99. The van der Waals surface area contributed by atoms with Gasteiger partial charge < -0.3 is 9.67 Å². The van der Waals surface area contributed by atoms with Gasteiger partial charge in [0.1, 0.15) is 0 Å². The quantitative estimate of drug-likeness (QED) is 0.437. The number of aryl methyl sites for hydroxylation is 3. The van der Waals surface area contributed by atoms with Crippen molar-refractivity contribution < 1.29 is 5.11 Å². The summed E-state index contributed by atoms with van der Waals surface area (Å²) in [7, 11) is 1.57. The molecule has 1 unspecified atom stereocenters. The minimum Gasteiger partial charge on any atom is -0.391 e. The molecular formula is C18H21ClN4O3S. The normalized spacial score (nSPS) is 12.6. The Kier molecular flexibility index (Phi) is 6.41. The minimum absolute atomic E-state index is 0.125. The maximum atomic E-state index is 12.4. The molecule has 0 radical (unpaired) electrons. The zero-order valence-electron chi connectivity index (χ0n) is 14.9. The third-order valence-electron chi connectivity index (χ3n) is 4.24. The number of halogens is 1. The van der Waals surface area contributed by atoms with Crippen LogP contribution in [0.5, 0.6) is 0 Å². The Hall–Kier alpha value is -2.03. The van der Waals surface area contributed by atoms with E-state index >= 15 is 0 Å². The lowest BCUT2D eigenvalue weighted by molar-refractivity contribution is 0.223. The van der Waals surface area contributed by atoms with Crippen LogP contribution in [-0.4, -0.2) is 41.9 Å². The molecule has 2 heterocycles. The summed E-state index contributed by atoms with van der Waals surface area (Å²) in [6.45, 7) is 0.575. The zero-order chi connectivity index (χ0) is 19.4. The van der Waals surface area contributed by atoms with Crippen molar-refractivity contribution in [3.8, 4) is 0 Å². The van der Waals surface area contributed by atoms with Crippen LogP contribution in [0.15, 0.2) is 45.1 Å². The van der Waals surface area contributed by atoms with Crippen molar-refractivity contribution in [2.75, 3.05) is 11.6 Å². The lowest BCUT2D eigenvalue weighted by atomic mass is 10.1. The molecule has 1 atom stereocenters. The van der Waals surface area contributed by atoms with Crippen LogP contribution in [0, 0.1) is 0 Å². The molecule has 3 rings (SSSR count). The Labute approximate surface area is 165 Å². The first kappa shape index (κ1) is 19.7. The number of alkyl halides is 1. The summed E-state index contributed by atoms with van der Waals surface area (Å²) in [4.78, 5) is 31.1. The number of H-pyrrole nitrogens is 1. The predicted octanol–water partition coefficient (Wildman–Crippen LogP) is 1.75. The number of aromatic amines is 1. The summed E-state index contributed by atoms with van der Waals surface area (Å²) < 4.78 is 3.15. The van der Waals surface area contributed by atoms with Crippen molar-refractivity contribution in [2.24, 2.45) is 7.05 Å². The first-order valence-corrected chi connectivity index (χ1v) is 10.1. The van der Waals surface area contributed by atoms with E-state index in [0.29, 0.717) is 28.6 Å². The topological polar surface area (TPSA) is 92.9 Å². The molecule has 27 heavy (non-hydrogen) atoms. The molecule has 0 aliphatic heterocycles. The van der Waals surface area contributed by atoms with Crippen molar-refractivity contribution in [3.63, 3.8) is 0 Å². The van der Waals surface area contributed by atoms with Gasteiger partial charge in [-0.25, -0.2) is 9.78 Å². The van der Waals surface area contributed by atoms with Crippen LogP contribution in [0.3, 0.4) is 0 Å². The number of imidazole rings is 1. The number of hydrogen-bond donors (Lipinski definition) is 2. The molecule has 0 aliphatic carbocycles. The van der Waals surface area contributed by atoms with E-state index in [9.17, 15) is 14.7 Å². The van der Waals surface area contributed by atoms with Gasteiger partial charge in [0.05, 0.1) is 6.10 Å². The molecule has 0 bridgehead atoms. The monoisotopic (exact) mass is 408 g/mol. The molecule has 0 fully saturated rings. The lowest BCUT2D eigenvalue weighted by Gasteiger charge is -2.10. The van der Waals surface area contributed by atoms with E-state index in [2.05, 4.69) is 22.1 Å². The van der Waals surface area contributed by atoms with Gasteiger partial charge in [-0.05, 0) is 18.4 Å². The maximum absolute atomic E-state index is 12.4. The summed E-state index contributed by atoms with van der Waals surface area (Å²) in [5.74, 6) is 0.484. The Morgan fingerprint density at radius 1 is 1.30 bits per heavy atom. The highest BCUT2D eigenvalue weighted by Gasteiger charge is 2.18. The number of aliphatic hydroxyl groups excluding tert-OH is 1. The van der Waals surface area contributed by atoms with Gasteiger partial charge in [0, 0.05) is 25.2 Å². The molecule has 2 N–H and O–H groups in total. The molecule has 0 aliphatic rings. The SMILES string of the molecule is Cn1c(=O)[nH]c(=O)c2c1nc(SCC(O)CCl)n2CCCc1ccccc1. The van der Waals surface area contributed by atoms with Crippen LogP contribution in [0.1, 0.15) is 12.0 Å². The van der Waals surface area contributed by atoms with Crippen molar-refractivity contribution >= 4 is 34.5 Å². The van der Waals surface area contributed by atoms with E-state index in [1.165, 1.54) is 21.9 Å². The van der Waals surface area contributed by atoms with E-state index in [4.69, 9.17) is 11.6 Å². The number of fused-ring (bicyclic) bond motifs is 1. The number of nitrogens with zero attached hydrogens (tertiary/aromatic N) is 3.